The van der Waals surface area contributed by atoms with Gasteiger partial charge in [0.15, 0.2) is 0 Å². The second-order valence-corrected chi connectivity index (χ2v) is 6.05. The van der Waals surface area contributed by atoms with Crippen LogP contribution in [-0.4, -0.2) is 38.5 Å². The van der Waals surface area contributed by atoms with Crippen LogP contribution in [0.5, 0.6) is 0 Å². The highest BCUT2D eigenvalue weighted by Gasteiger charge is 2.28. The van der Waals surface area contributed by atoms with Crippen molar-refractivity contribution in [2.24, 2.45) is 18.7 Å². The third-order valence-corrected chi connectivity index (χ3v) is 4.31. The van der Waals surface area contributed by atoms with Gasteiger partial charge >= 0.3 is 0 Å². The molecule has 2 aromatic rings. The molecule has 1 atom stereocenters. The predicted molar refractivity (Wildman–Crippen MR) is 90.5 cm³/mol. The number of H-pyrrole nitrogens is 1. The first-order chi connectivity index (χ1) is 10.5. The monoisotopic (exact) mass is 338 g/mol. The number of nitrogens with two attached hydrogens (primary N) is 1. The summed E-state index contributed by atoms with van der Waals surface area (Å²) in [6.45, 7) is 4.42. The molecule has 1 unspecified atom stereocenters. The van der Waals surface area contributed by atoms with E-state index in [-0.39, 0.29) is 24.4 Å². The number of nitrogens with one attached hydrogen (secondary N) is 2. The highest BCUT2D eigenvalue weighted by molar-refractivity contribution is 5.93. The van der Waals surface area contributed by atoms with Crippen LogP contribution >= 0.6 is 12.4 Å². The van der Waals surface area contributed by atoms with E-state index in [4.69, 9.17) is 5.73 Å². The summed E-state index contributed by atoms with van der Waals surface area (Å²) in [6, 6.07) is 1.81. The molecule has 3 rings (SSSR count). The van der Waals surface area contributed by atoms with Crippen LogP contribution in [0.15, 0.2) is 6.07 Å². The maximum absolute atomic E-state index is 12.2. The van der Waals surface area contributed by atoms with Gasteiger partial charge in [-0.2, -0.15) is 10.2 Å². The first kappa shape index (κ1) is 17.5. The Morgan fingerprint density at radius 3 is 2.78 bits per heavy atom. The molecule has 1 aliphatic carbocycles. The maximum atomic E-state index is 12.2. The van der Waals surface area contributed by atoms with Crippen molar-refractivity contribution in [3.63, 3.8) is 0 Å². The lowest BCUT2D eigenvalue weighted by atomic mass is 10.1. The average Bonchev–Trinajstić information content (AvgIpc) is 3.17. The van der Waals surface area contributed by atoms with Crippen molar-refractivity contribution in [2.45, 2.75) is 32.7 Å². The predicted octanol–water partition coefficient (Wildman–Crippen LogP) is 1.32. The summed E-state index contributed by atoms with van der Waals surface area (Å²) in [5, 5.41) is 14.3. The Balaban J connectivity index is 0.00000192. The summed E-state index contributed by atoms with van der Waals surface area (Å²) >= 11 is 0. The molecule has 1 fully saturated rings. The van der Waals surface area contributed by atoms with Crippen LogP contribution in [0.1, 0.15) is 34.7 Å². The molecule has 4 N–H and O–H groups in total. The molecular weight excluding hydrogens is 316 g/mol. The average molecular weight is 339 g/mol. The Morgan fingerprint density at radius 2 is 2.22 bits per heavy atom. The van der Waals surface area contributed by atoms with E-state index in [2.05, 4.69) is 20.6 Å². The van der Waals surface area contributed by atoms with E-state index < -0.39 is 0 Å². The SMILES string of the molecule is Cc1nn(C)c(C)c1-c1cc(C(=O)NCC(N)C2CC2)[nH]n1.Cl. The van der Waals surface area contributed by atoms with Crippen LogP contribution in [-0.2, 0) is 7.05 Å². The largest absolute Gasteiger partial charge is 0.349 e. The van der Waals surface area contributed by atoms with Crippen molar-refractivity contribution in [3.05, 3.63) is 23.1 Å². The van der Waals surface area contributed by atoms with Gasteiger partial charge in [0.1, 0.15) is 5.69 Å². The number of carbonyl (C=O) groups excluding carboxylic acids is 1. The summed E-state index contributed by atoms with van der Waals surface area (Å²) in [6.07, 6.45) is 2.34. The highest BCUT2D eigenvalue weighted by Crippen LogP contribution is 2.31. The molecule has 126 valence electrons. The van der Waals surface area contributed by atoms with Crippen LogP contribution in [0.4, 0.5) is 0 Å². The smallest absolute Gasteiger partial charge is 0.269 e. The van der Waals surface area contributed by atoms with Crippen molar-refractivity contribution in [2.75, 3.05) is 6.54 Å². The first-order valence-electron chi connectivity index (χ1n) is 7.57. The van der Waals surface area contributed by atoms with Gasteiger partial charge in [0.2, 0.25) is 0 Å². The topological polar surface area (TPSA) is 102 Å². The standard InChI is InChI=1S/C15H22N6O.ClH/c1-8-14(9(2)21(3)20-8)12-6-13(19-18-12)15(22)17-7-11(16)10-4-5-10;/h6,10-11H,4-5,7,16H2,1-3H3,(H,17,22)(H,18,19);1H. The molecule has 7 nitrogen and oxygen atoms in total. The Kier molecular flexibility index (Phi) is 5.11. The lowest BCUT2D eigenvalue weighted by Crippen LogP contribution is -2.38. The number of rotatable bonds is 5. The Hall–Kier alpha value is -1.86. The minimum atomic E-state index is -0.172. The number of nitrogens with zero attached hydrogens (tertiary/aromatic N) is 3. The second kappa shape index (κ2) is 6.72. The highest BCUT2D eigenvalue weighted by atomic mass is 35.5. The molecule has 2 heterocycles. The second-order valence-electron chi connectivity index (χ2n) is 6.05. The lowest BCUT2D eigenvalue weighted by molar-refractivity contribution is 0.0945. The Labute approximate surface area is 141 Å². The number of aromatic amines is 1. The third-order valence-electron chi connectivity index (χ3n) is 4.31. The zero-order chi connectivity index (χ0) is 15.9. The van der Waals surface area contributed by atoms with Crippen LogP contribution < -0.4 is 11.1 Å². The zero-order valence-electron chi connectivity index (χ0n) is 13.6. The van der Waals surface area contributed by atoms with Gasteiger partial charge in [-0.1, -0.05) is 0 Å². The van der Waals surface area contributed by atoms with Crippen molar-refractivity contribution in [3.8, 4) is 11.3 Å². The van der Waals surface area contributed by atoms with Crippen LogP contribution in [0.2, 0.25) is 0 Å². The number of halogens is 1. The summed E-state index contributed by atoms with van der Waals surface area (Å²) in [5.74, 6) is 0.396. The molecule has 0 radical (unpaired) electrons. The molecular formula is C15H23ClN6O. The van der Waals surface area contributed by atoms with E-state index in [0.717, 1.165) is 22.6 Å². The van der Waals surface area contributed by atoms with E-state index in [1.807, 2.05) is 25.6 Å². The van der Waals surface area contributed by atoms with Crippen molar-refractivity contribution < 1.29 is 4.79 Å². The van der Waals surface area contributed by atoms with Gasteiger partial charge in [0.25, 0.3) is 5.91 Å². The van der Waals surface area contributed by atoms with Crippen molar-refractivity contribution >= 4 is 18.3 Å². The Morgan fingerprint density at radius 1 is 1.52 bits per heavy atom. The van der Waals surface area contributed by atoms with E-state index in [1.54, 1.807) is 6.07 Å². The third kappa shape index (κ3) is 3.56. The number of amides is 1. The molecule has 1 aliphatic rings. The summed E-state index contributed by atoms with van der Waals surface area (Å²) in [5.41, 5.74) is 10.1. The fraction of sp³-hybridized carbons (Fsp3) is 0.533. The molecule has 0 saturated heterocycles. The molecule has 8 heteroatoms. The number of aryl methyl sites for hydroxylation is 2. The zero-order valence-corrected chi connectivity index (χ0v) is 14.4. The van der Waals surface area contributed by atoms with Crippen LogP contribution in [0, 0.1) is 19.8 Å². The minimum absolute atomic E-state index is 0. The van der Waals surface area contributed by atoms with E-state index >= 15 is 0 Å². The fourth-order valence-corrected chi connectivity index (χ4v) is 2.71. The Bertz CT molecular complexity index is 703. The van der Waals surface area contributed by atoms with Gasteiger partial charge in [-0.25, -0.2) is 0 Å². The molecule has 0 spiro atoms. The van der Waals surface area contributed by atoms with E-state index in [9.17, 15) is 4.79 Å². The van der Waals surface area contributed by atoms with E-state index in [0.29, 0.717) is 18.2 Å². The van der Waals surface area contributed by atoms with Crippen LogP contribution in [0.25, 0.3) is 11.3 Å². The summed E-state index contributed by atoms with van der Waals surface area (Å²) in [4.78, 5) is 12.2. The van der Waals surface area contributed by atoms with Crippen molar-refractivity contribution in [1.29, 1.82) is 0 Å². The summed E-state index contributed by atoms with van der Waals surface area (Å²) < 4.78 is 1.81. The number of hydrogen-bond acceptors (Lipinski definition) is 4. The van der Waals surface area contributed by atoms with Gasteiger partial charge in [0.05, 0.1) is 11.4 Å². The molecule has 0 aliphatic heterocycles. The summed E-state index contributed by atoms with van der Waals surface area (Å²) in [7, 11) is 1.89. The molecule has 1 amide bonds. The fourth-order valence-electron chi connectivity index (χ4n) is 2.71. The molecule has 23 heavy (non-hydrogen) atoms. The van der Waals surface area contributed by atoms with E-state index in [1.165, 1.54) is 12.8 Å². The number of carbonyl (C=O) groups is 1. The number of aromatic nitrogens is 4. The minimum Gasteiger partial charge on any atom is -0.349 e. The van der Waals surface area contributed by atoms with Gasteiger partial charge in [0, 0.05) is 30.9 Å². The van der Waals surface area contributed by atoms with Gasteiger partial charge < -0.3 is 11.1 Å². The van der Waals surface area contributed by atoms with Gasteiger partial charge in [-0.15, -0.1) is 12.4 Å². The molecule has 1 saturated carbocycles. The van der Waals surface area contributed by atoms with Gasteiger partial charge in [-0.3, -0.25) is 14.6 Å². The van der Waals surface area contributed by atoms with Crippen molar-refractivity contribution in [1.82, 2.24) is 25.3 Å². The maximum Gasteiger partial charge on any atom is 0.269 e. The lowest BCUT2D eigenvalue weighted by Gasteiger charge is -2.10. The molecule has 2 aromatic heterocycles. The van der Waals surface area contributed by atoms with Gasteiger partial charge in [-0.05, 0) is 38.7 Å². The molecule has 0 bridgehead atoms. The molecule has 0 aromatic carbocycles. The number of hydrogen-bond donors (Lipinski definition) is 3. The first-order valence-corrected chi connectivity index (χ1v) is 7.57. The quantitative estimate of drug-likeness (QED) is 0.765. The van der Waals surface area contributed by atoms with Crippen LogP contribution in [0.3, 0.4) is 0 Å². The normalized spacial score (nSPS) is 15.1.